The first-order chi connectivity index (χ1) is 8.77. The summed E-state index contributed by atoms with van der Waals surface area (Å²) in [5.74, 6) is -0.689. The van der Waals surface area contributed by atoms with Crippen molar-refractivity contribution in [2.45, 2.75) is 38.5 Å². The molecule has 0 aliphatic carbocycles. The Labute approximate surface area is 108 Å². The molecule has 0 spiro atoms. The van der Waals surface area contributed by atoms with Crippen molar-refractivity contribution >= 4 is 11.7 Å². The van der Waals surface area contributed by atoms with Crippen LogP contribution in [0.15, 0.2) is 24.3 Å². The van der Waals surface area contributed by atoms with Crippen LogP contribution in [0.25, 0.3) is 0 Å². The second kappa shape index (κ2) is 6.43. The van der Waals surface area contributed by atoms with Gasteiger partial charge >= 0.3 is 5.97 Å². The summed E-state index contributed by atoms with van der Waals surface area (Å²) in [5, 5.41) is 8.64. The number of aliphatic carboxylic acids is 1. The van der Waals surface area contributed by atoms with Crippen molar-refractivity contribution in [3.63, 3.8) is 0 Å². The zero-order chi connectivity index (χ0) is 12.8. The molecule has 0 saturated heterocycles. The fourth-order valence-electron chi connectivity index (χ4n) is 2.58. The first-order valence-electron chi connectivity index (χ1n) is 6.82. The summed E-state index contributed by atoms with van der Waals surface area (Å²) in [6, 6.07) is 8.60. The number of fused-ring (bicyclic) bond motifs is 1. The van der Waals surface area contributed by atoms with Crippen LogP contribution < -0.4 is 4.90 Å². The average Bonchev–Trinajstić information content (AvgIpc) is 2.57. The molecule has 1 N–H and O–H groups in total. The lowest BCUT2D eigenvalue weighted by Crippen LogP contribution is -2.25. The Bertz CT molecular complexity index is 403. The minimum Gasteiger partial charge on any atom is -0.481 e. The molecule has 98 valence electrons. The number of hydrogen-bond acceptors (Lipinski definition) is 2. The first-order valence-corrected chi connectivity index (χ1v) is 6.82. The van der Waals surface area contributed by atoms with Crippen LogP contribution in [0.5, 0.6) is 0 Å². The molecule has 18 heavy (non-hydrogen) atoms. The molecule has 3 heteroatoms. The molecule has 0 atom stereocenters. The summed E-state index contributed by atoms with van der Waals surface area (Å²) in [5.41, 5.74) is 2.79. The van der Waals surface area contributed by atoms with Gasteiger partial charge in [-0.2, -0.15) is 0 Å². The molecular weight excluding hydrogens is 226 g/mol. The van der Waals surface area contributed by atoms with E-state index in [1.807, 2.05) is 0 Å². The largest absolute Gasteiger partial charge is 0.481 e. The molecule has 1 aromatic carbocycles. The van der Waals surface area contributed by atoms with E-state index in [4.69, 9.17) is 5.11 Å². The van der Waals surface area contributed by atoms with Gasteiger partial charge in [-0.05, 0) is 43.7 Å². The van der Waals surface area contributed by atoms with Gasteiger partial charge in [-0.1, -0.05) is 18.2 Å². The van der Waals surface area contributed by atoms with Crippen molar-refractivity contribution < 1.29 is 9.90 Å². The molecule has 0 saturated carbocycles. The number of anilines is 1. The summed E-state index contributed by atoms with van der Waals surface area (Å²) in [4.78, 5) is 12.9. The van der Waals surface area contributed by atoms with Gasteiger partial charge in [-0.3, -0.25) is 4.79 Å². The number of hydrogen-bond donors (Lipinski definition) is 1. The normalized spacial score (nSPS) is 15.0. The Morgan fingerprint density at radius 3 is 2.89 bits per heavy atom. The Kier molecular flexibility index (Phi) is 4.62. The predicted octanol–water partition coefficient (Wildman–Crippen LogP) is 3.08. The van der Waals surface area contributed by atoms with Gasteiger partial charge in [0.05, 0.1) is 0 Å². The van der Waals surface area contributed by atoms with Crippen molar-refractivity contribution in [1.82, 2.24) is 0 Å². The zero-order valence-electron chi connectivity index (χ0n) is 10.8. The third-order valence-corrected chi connectivity index (χ3v) is 3.53. The van der Waals surface area contributed by atoms with Crippen molar-refractivity contribution in [3.8, 4) is 0 Å². The van der Waals surface area contributed by atoms with Crippen molar-refractivity contribution in [2.24, 2.45) is 0 Å². The molecule has 0 aromatic heterocycles. The molecule has 1 heterocycles. The lowest BCUT2D eigenvalue weighted by Gasteiger charge is -2.24. The Balaban J connectivity index is 1.93. The Hall–Kier alpha value is -1.51. The average molecular weight is 247 g/mol. The fraction of sp³-hybridized carbons (Fsp3) is 0.533. The number of benzene rings is 1. The maximum absolute atomic E-state index is 10.5. The molecule has 0 amide bonds. The smallest absolute Gasteiger partial charge is 0.303 e. The number of nitrogens with zero attached hydrogens (tertiary/aromatic N) is 1. The molecule has 3 nitrogen and oxygen atoms in total. The molecule has 0 unspecified atom stereocenters. The number of rotatable bonds is 5. The van der Waals surface area contributed by atoms with E-state index in [1.165, 1.54) is 30.5 Å². The van der Waals surface area contributed by atoms with E-state index in [0.717, 1.165) is 25.9 Å². The van der Waals surface area contributed by atoms with E-state index in [1.54, 1.807) is 0 Å². The summed E-state index contributed by atoms with van der Waals surface area (Å²) in [6.07, 6.45) is 5.67. The minimum absolute atomic E-state index is 0.287. The van der Waals surface area contributed by atoms with Crippen LogP contribution >= 0.6 is 0 Å². The Morgan fingerprint density at radius 1 is 1.22 bits per heavy atom. The number of carbonyl (C=O) groups is 1. The van der Waals surface area contributed by atoms with Crippen LogP contribution in [0, 0.1) is 0 Å². The SMILES string of the molecule is O=C(O)CCCCN1CCCCc2ccccc21. The fourth-order valence-corrected chi connectivity index (χ4v) is 2.58. The first kappa shape index (κ1) is 12.9. The van der Waals surface area contributed by atoms with Crippen molar-refractivity contribution in [2.75, 3.05) is 18.0 Å². The second-order valence-corrected chi connectivity index (χ2v) is 4.92. The maximum Gasteiger partial charge on any atom is 0.303 e. The highest BCUT2D eigenvalue weighted by atomic mass is 16.4. The number of aryl methyl sites for hydroxylation is 1. The van der Waals surface area contributed by atoms with Gasteiger partial charge in [0.25, 0.3) is 0 Å². The highest BCUT2D eigenvalue weighted by molar-refractivity contribution is 5.66. The van der Waals surface area contributed by atoms with Crippen molar-refractivity contribution in [3.05, 3.63) is 29.8 Å². The Morgan fingerprint density at radius 2 is 2.06 bits per heavy atom. The standard InChI is InChI=1S/C15H21NO2/c17-15(18)10-4-6-12-16-11-5-3-8-13-7-1-2-9-14(13)16/h1-2,7,9H,3-6,8,10-12H2,(H,17,18). The molecule has 2 rings (SSSR count). The third-order valence-electron chi connectivity index (χ3n) is 3.53. The molecule has 1 aromatic rings. The van der Waals surface area contributed by atoms with Crippen molar-refractivity contribution in [1.29, 1.82) is 0 Å². The number of unbranched alkanes of at least 4 members (excludes halogenated alkanes) is 1. The van der Waals surface area contributed by atoms with Crippen LogP contribution in [-0.4, -0.2) is 24.2 Å². The highest BCUT2D eigenvalue weighted by Gasteiger charge is 2.14. The van der Waals surface area contributed by atoms with E-state index in [0.29, 0.717) is 0 Å². The lowest BCUT2D eigenvalue weighted by molar-refractivity contribution is -0.137. The van der Waals surface area contributed by atoms with Crippen LogP contribution in [-0.2, 0) is 11.2 Å². The molecule has 1 aliphatic heterocycles. The minimum atomic E-state index is -0.689. The van der Waals surface area contributed by atoms with E-state index >= 15 is 0 Å². The molecule has 0 radical (unpaired) electrons. The third kappa shape index (κ3) is 3.49. The number of carboxylic acids is 1. The van der Waals surface area contributed by atoms with Gasteiger partial charge in [0.15, 0.2) is 0 Å². The maximum atomic E-state index is 10.5. The lowest BCUT2D eigenvalue weighted by atomic mass is 10.1. The van der Waals surface area contributed by atoms with E-state index in [-0.39, 0.29) is 6.42 Å². The second-order valence-electron chi connectivity index (χ2n) is 4.92. The van der Waals surface area contributed by atoms with Gasteiger partial charge in [-0.25, -0.2) is 0 Å². The van der Waals surface area contributed by atoms with E-state index in [9.17, 15) is 4.79 Å². The van der Waals surface area contributed by atoms with E-state index < -0.39 is 5.97 Å². The summed E-state index contributed by atoms with van der Waals surface area (Å²) in [6.45, 7) is 2.08. The summed E-state index contributed by atoms with van der Waals surface area (Å²) < 4.78 is 0. The molecule has 1 aliphatic rings. The van der Waals surface area contributed by atoms with Gasteiger partial charge in [-0.15, -0.1) is 0 Å². The molecular formula is C15H21NO2. The highest BCUT2D eigenvalue weighted by Crippen LogP contribution is 2.26. The molecule has 0 fully saturated rings. The van der Waals surface area contributed by atoms with Crippen LogP contribution in [0.4, 0.5) is 5.69 Å². The van der Waals surface area contributed by atoms with Crippen LogP contribution in [0.1, 0.15) is 37.7 Å². The van der Waals surface area contributed by atoms with Crippen LogP contribution in [0.2, 0.25) is 0 Å². The summed E-state index contributed by atoms with van der Waals surface area (Å²) in [7, 11) is 0. The van der Waals surface area contributed by atoms with Gasteiger partial charge in [0, 0.05) is 25.2 Å². The van der Waals surface area contributed by atoms with Gasteiger partial charge in [0.1, 0.15) is 0 Å². The quantitative estimate of drug-likeness (QED) is 0.813. The van der Waals surface area contributed by atoms with E-state index in [2.05, 4.69) is 29.2 Å². The van der Waals surface area contributed by atoms with Crippen LogP contribution in [0.3, 0.4) is 0 Å². The molecule has 0 bridgehead atoms. The summed E-state index contributed by atoms with van der Waals surface area (Å²) >= 11 is 0. The monoisotopic (exact) mass is 247 g/mol. The van der Waals surface area contributed by atoms with Gasteiger partial charge < -0.3 is 10.0 Å². The number of para-hydroxylation sites is 1. The topological polar surface area (TPSA) is 40.5 Å². The van der Waals surface area contributed by atoms with Gasteiger partial charge in [0.2, 0.25) is 0 Å². The predicted molar refractivity (Wildman–Crippen MR) is 73.1 cm³/mol. The number of carboxylic acid groups (broad SMARTS) is 1. The zero-order valence-corrected chi connectivity index (χ0v) is 10.8.